The number of nitrogens with zero attached hydrogens (tertiary/aromatic N) is 1. The molecule has 0 spiro atoms. The van der Waals surface area contributed by atoms with E-state index in [0.29, 0.717) is 17.5 Å². The third-order valence-corrected chi connectivity index (χ3v) is 4.67. The van der Waals surface area contributed by atoms with Gasteiger partial charge in [0.1, 0.15) is 0 Å². The summed E-state index contributed by atoms with van der Waals surface area (Å²) < 4.78 is 0.897. The van der Waals surface area contributed by atoms with Crippen molar-refractivity contribution in [3.8, 4) is 0 Å². The zero-order valence-corrected chi connectivity index (χ0v) is 12.7. The predicted molar refractivity (Wildman–Crippen MR) is 81.2 cm³/mol. The van der Waals surface area contributed by atoms with E-state index in [2.05, 4.69) is 27.9 Å². The molecule has 1 aromatic carbocycles. The lowest BCUT2D eigenvalue weighted by atomic mass is 10.0. The number of carbonyl (C=O) groups is 1. The Morgan fingerprint density at radius 2 is 2.21 bits per heavy atom. The second-order valence-corrected chi connectivity index (χ2v) is 5.99. The highest BCUT2D eigenvalue weighted by atomic mass is 79.9. The zero-order chi connectivity index (χ0) is 14.0. The van der Waals surface area contributed by atoms with Gasteiger partial charge in [0.2, 0.25) is 5.91 Å². The van der Waals surface area contributed by atoms with E-state index in [1.54, 1.807) is 12.1 Å². The van der Waals surface area contributed by atoms with Gasteiger partial charge in [-0.05, 0) is 59.4 Å². The van der Waals surface area contributed by atoms with Crippen molar-refractivity contribution in [2.75, 3.05) is 18.5 Å². The fourth-order valence-corrected chi connectivity index (χ4v) is 3.59. The summed E-state index contributed by atoms with van der Waals surface area (Å²) in [5, 5.41) is 0. The Morgan fingerprint density at radius 1 is 1.47 bits per heavy atom. The number of amides is 1. The van der Waals surface area contributed by atoms with Gasteiger partial charge in [-0.25, -0.2) is 0 Å². The second kappa shape index (κ2) is 5.92. The smallest absolute Gasteiger partial charge is 0.248 e. The molecule has 0 aromatic heterocycles. The summed E-state index contributed by atoms with van der Waals surface area (Å²) in [6, 6.07) is 5.96. The predicted octanol–water partition coefficient (Wildman–Crippen LogP) is 2.11. The van der Waals surface area contributed by atoms with E-state index < -0.39 is 5.91 Å². The topological polar surface area (TPSA) is 72.3 Å². The Balaban J connectivity index is 2.24. The zero-order valence-electron chi connectivity index (χ0n) is 11.1. The van der Waals surface area contributed by atoms with E-state index in [1.807, 2.05) is 6.07 Å². The van der Waals surface area contributed by atoms with Crippen LogP contribution in [0.1, 0.15) is 29.6 Å². The Morgan fingerprint density at radius 3 is 2.79 bits per heavy atom. The normalized spacial score (nSPS) is 22.5. The number of hydrogen-bond donors (Lipinski definition) is 2. The third-order valence-electron chi connectivity index (χ3n) is 4.03. The molecule has 2 rings (SSSR count). The van der Waals surface area contributed by atoms with Crippen molar-refractivity contribution in [1.82, 2.24) is 0 Å². The molecule has 104 valence electrons. The Hall–Kier alpha value is -1.07. The largest absolute Gasteiger partial charge is 0.370 e. The van der Waals surface area contributed by atoms with Crippen LogP contribution in [0.15, 0.2) is 22.7 Å². The van der Waals surface area contributed by atoms with Crippen LogP contribution >= 0.6 is 15.9 Å². The van der Waals surface area contributed by atoms with Crippen molar-refractivity contribution in [2.45, 2.75) is 25.3 Å². The van der Waals surface area contributed by atoms with Gasteiger partial charge in [-0.3, -0.25) is 4.79 Å². The van der Waals surface area contributed by atoms with Crippen molar-refractivity contribution in [3.63, 3.8) is 0 Å². The molecule has 1 amide bonds. The average molecular weight is 326 g/mol. The maximum absolute atomic E-state index is 11.2. The van der Waals surface area contributed by atoms with Gasteiger partial charge in [0.05, 0.1) is 5.69 Å². The fourth-order valence-electron chi connectivity index (χ4n) is 2.93. The number of carbonyl (C=O) groups excluding carboxylic acids is 1. The molecule has 0 bridgehead atoms. The van der Waals surface area contributed by atoms with E-state index in [4.69, 9.17) is 11.5 Å². The number of hydrogen-bond acceptors (Lipinski definition) is 3. The number of nitrogens with two attached hydrogens (primary N) is 2. The van der Waals surface area contributed by atoms with Crippen molar-refractivity contribution in [2.24, 2.45) is 17.4 Å². The molecule has 2 atom stereocenters. The minimum absolute atomic E-state index is 0.407. The van der Waals surface area contributed by atoms with Gasteiger partial charge < -0.3 is 16.4 Å². The van der Waals surface area contributed by atoms with Crippen LogP contribution in [0.4, 0.5) is 5.69 Å². The number of anilines is 1. The van der Waals surface area contributed by atoms with Crippen molar-refractivity contribution in [3.05, 3.63) is 28.2 Å². The van der Waals surface area contributed by atoms with Gasteiger partial charge in [0, 0.05) is 23.1 Å². The number of benzene rings is 1. The molecule has 4 nitrogen and oxygen atoms in total. The van der Waals surface area contributed by atoms with Crippen LogP contribution in [0.2, 0.25) is 0 Å². The molecule has 1 saturated carbocycles. The highest BCUT2D eigenvalue weighted by Gasteiger charge is 2.30. The highest BCUT2D eigenvalue weighted by molar-refractivity contribution is 9.10. The van der Waals surface area contributed by atoms with Gasteiger partial charge in [0.15, 0.2) is 0 Å². The minimum Gasteiger partial charge on any atom is -0.370 e. The number of rotatable bonds is 4. The Bertz CT molecular complexity index is 478. The standard InChI is InChI=1S/C14H20BrN3O/c1-18(12-4-2-3-10(12)8-16)13-6-5-9(14(17)19)7-11(13)15/h5-7,10,12H,2-4,8,16H2,1H3,(H2,17,19). The molecule has 1 fully saturated rings. The van der Waals surface area contributed by atoms with Crippen molar-refractivity contribution in [1.29, 1.82) is 0 Å². The fraction of sp³-hybridized carbons (Fsp3) is 0.500. The molecule has 1 aliphatic carbocycles. The summed E-state index contributed by atoms with van der Waals surface area (Å²) in [4.78, 5) is 13.4. The molecule has 1 aliphatic rings. The van der Waals surface area contributed by atoms with E-state index in [0.717, 1.165) is 16.7 Å². The summed E-state index contributed by atoms with van der Waals surface area (Å²) in [5.41, 5.74) is 12.7. The molecule has 2 unspecified atom stereocenters. The lowest BCUT2D eigenvalue weighted by Gasteiger charge is -2.32. The molecule has 1 aromatic rings. The first-order valence-corrected chi connectivity index (χ1v) is 7.36. The van der Waals surface area contributed by atoms with E-state index in [1.165, 1.54) is 19.3 Å². The summed E-state index contributed by atoms with van der Waals surface area (Å²) in [7, 11) is 2.09. The van der Waals surface area contributed by atoms with Crippen molar-refractivity contribution >= 4 is 27.5 Å². The van der Waals surface area contributed by atoms with Gasteiger partial charge >= 0.3 is 0 Å². The first kappa shape index (κ1) is 14.3. The van der Waals surface area contributed by atoms with Crippen LogP contribution in [-0.4, -0.2) is 25.5 Å². The molecule has 19 heavy (non-hydrogen) atoms. The molecule has 0 aliphatic heterocycles. The molecule has 0 radical (unpaired) electrons. The SMILES string of the molecule is CN(c1ccc(C(N)=O)cc1Br)C1CCCC1CN. The summed E-state index contributed by atoms with van der Waals surface area (Å²) >= 11 is 3.52. The first-order valence-electron chi connectivity index (χ1n) is 6.57. The number of primary amides is 1. The van der Waals surface area contributed by atoms with Gasteiger partial charge in [-0.15, -0.1) is 0 Å². The molecule has 5 heteroatoms. The van der Waals surface area contributed by atoms with Gasteiger partial charge in [0.25, 0.3) is 0 Å². The van der Waals surface area contributed by atoms with E-state index in [-0.39, 0.29) is 0 Å². The first-order chi connectivity index (χ1) is 9.04. The maximum atomic E-state index is 11.2. The Kier molecular flexibility index (Phi) is 4.47. The Labute approximate surface area is 122 Å². The molecule has 4 N–H and O–H groups in total. The average Bonchev–Trinajstić information content (AvgIpc) is 2.85. The van der Waals surface area contributed by atoms with Gasteiger partial charge in [-0.1, -0.05) is 6.42 Å². The summed E-state index contributed by atoms with van der Waals surface area (Å²) in [6.07, 6.45) is 3.60. The monoisotopic (exact) mass is 325 g/mol. The highest BCUT2D eigenvalue weighted by Crippen LogP contribution is 2.35. The molecular weight excluding hydrogens is 306 g/mol. The summed E-state index contributed by atoms with van der Waals surface area (Å²) in [5.74, 6) is 0.142. The molecule has 0 heterocycles. The van der Waals surface area contributed by atoms with Gasteiger partial charge in [-0.2, -0.15) is 0 Å². The lowest BCUT2D eigenvalue weighted by molar-refractivity contribution is 0.100. The van der Waals surface area contributed by atoms with Crippen LogP contribution in [0.25, 0.3) is 0 Å². The quantitative estimate of drug-likeness (QED) is 0.890. The van der Waals surface area contributed by atoms with E-state index >= 15 is 0 Å². The third kappa shape index (κ3) is 2.92. The molecule has 0 saturated heterocycles. The maximum Gasteiger partial charge on any atom is 0.248 e. The van der Waals surface area contributed by atoms with Crippen LogP contribution in [0.5, 0.6) is 0 Å². The second-order valence-electron chi connectivity index (χ2n) is 5.14. The number of halogens is 1. The van der Waals surface area contributed by atoms with Crippen LogP contribution in [-0.2, 0) is 0 Å². The van der Waals surface area contributed by atoms with Crippen LogP contribution in [0, 0.1) is 5.92 Å². The van der Waals surface area contributed by atoms with Crippen molar-refractivity contribution < 1.29 is 4.79 Å². The summed E-state index contributed by atoms with van der Waals surface area (Å²) in [6.45, 7) is 0.728. The van der Waals surface area contributed by atoms with Crippen LogP contribution < -0.4 is 16.4 Å². The van der Waals surface area contributed by atoms with E-state index in [9.17, 15) is 4.79 Å². The lowest BCUT2D eigenvalue weighted by Crippen LogP contribution is -2.38. The van der Waals surface area contributed by atoms with Crippen LogP contribution in [0.3, 0.4) is 0 Å². The minimum atomic E-state index is -0.407. The molecular formula is C14H20BrN3O.